The number of H-pyrrole nitrogens is 2. The monoisotopic (exact) mass is 840 g/mol. The van der Waals surface area contributed by atoms with E-state index in [9.17, 15) is 24.3 Å². The van der Waals surface area contributed by atoms with E-state index in [0.29, 0.717) is 37.3 Å². The molecule has 13 nitrogen and oxygen atoms in total. The maximum absolute atomic E-state index is 14.3. The van der Waals surface area contributed by atoms with Gasteiger partial charge in [-0.05, 0) is 72.9 Å². The summed E-state index contributed by atoms with van der Waals surface area (Å²) in [5.74, 6) is -2.00. The topological polar surface area (TPSA) is 194 Å². The molecular formula is C49H60N8O5. The maximum Gasteiger partial charge on any atom is 0.243 e. The Morgan fingerprint density at radius 3 is 1.29 bits per heavy atom. The molecule has 4 aromatic carbocycles. The first kappa shape index (κ1) is 45.2. The summed E-state index contributed by atoms with van der Waals surface area (Å²) in [4.78, 5) is 71.7. The lowest BCUT2D eigenvalue weighted by Crippen LogP contribution is -2.52. The predicted octanol–water partition coefficient (Wildman–Crippen LogP) is 6.29. The zero-order valence-corrected chi connectivity index (χ0v) is 36.1. The first-order valence-corrected chi connectivity index (χ1v) is 21.8. The number of benzene rings is 4. The third kappa shape index (κ3) is 12.4. The molecule has 0 bridgehead atoms. The minimum absolute atomic E-state index is 0.0416. The summed E-state index contributed by atoms with van der Waals surface area (Å²) in [7, 11) is 0. The Kier molecular flexibility index (Phi) is 16.0. The first-order valence-electron chi connectivity index (χ1n) is 21.8. The highest BCUT2D eigenvalue weighted by molar-refractivity contribution is 5.90. The number of hydrogen-bond donors (Lipinski definition) is 7. The van der Waals surface area contributed by atoms with Gasteiger partial charge >= 0.3 is 0 Å². The molecule has 1 unspecified atom stereocenters. The Morgan fingerprint density at radius 2 is 0.919 bits per heavy atom. The summed E-state index contributed by atoms with van der Waals surface area (Å²) in [6.45, 7) is 8.10. The molecule has 0 fully saturated rings. The van der Waals surface area contributed by atoms with E-state index >= 15 is 0 Å². The smallest absolute Gasteiger partial charge is 0.243 e. The molecule has 13 heteroatoms. The van der Waals surface area contributed by atoms with Gasteiger partial charge in [-0.25, -0.2) is 9.97 Å². The number of para-hydroxylation sites is 4. The SMILES string of the molecule is CC[C@H](C)[C@H](NC(=O)[C@H](Cc1ccccc1)CC(O)C[C@@H](Cc1ccccc1)C(=O)N[C@@H](C(=O)NCc1nc2ccccc2[nH]1)[C@@H](C)CC)C(=O)NCc1nc2ccccc2[nH]1. The minimum atomic E-state index is -1.07. The molecule has 62 heavy (non-hydrogen) atoms. The van der Waals surface area contributed by atoms with Crippen LogP contribution in [0.1, 0.15) is 76.2 Å². The van der Waals surface area contributed by atoms with E-state index in [4.69, 9.17) is 0 Å². The van der Waals surface area contributed by atoms with E-state index < -0.39 is 30.0 Å². The molecule has 0 saturated carbocycles. The largest absolute Gasteiger partial charge is 0.393 e. The van der Waals surface area contributed by atoms with Gasteiger partial charge in [0.15, 0.2) is 0 Å². The van der Waals surface area contributed by atoms with Crippen LogP contribution in [-0.4, -0.2) is 66.9 Å². The van der Waals surface area contributed by atoms with Crippen molar-refractivity contribution in [2.45, 2.75) is 97.5 Å². The van der Waals surface area contributed by atoms with E-state index in [2.05, 4.69) is 41.2 Å². The standard InChI is InChI=1S/C49H60N8O5/c1-5-31(3)44(48(61)50-29-42-52-38-21-13-14-22-39(38)53-42)56-46(59)35(25-33-17-9-7-10-18-33)27-37(58)28-36(26-34-19-11-8-12-20-34)47(60)57-45(32(4)6-2)49(62)51-30-43-54-40-23-15-16-24-41(40)55-43/h7-24,31-32,35-37,44-45,58H,5-6,25-30H2,1-4H3,(H,50,61)(H,51,62)(H,52,53)(H,54,55)(H,56,59)(H,57,60)/t31-,32-,35+,36+,37?,44-,45+/m0/s1. The fourth-order valence-electron chi connectivity index (χ4n) is 7.80. The number of imidazole rings is 2. The normalized spacial score (nSPS) is 14.9. The Bertz CT molecular complexity index is 2150. The third-order valence-electron chi connectivity index (χ3n) is 11.8. The molecule has 7 N–H and O–H groups in total. The second-order valence-corrected chi connectivity index (χ2v) is 16.5. The number of aromatic amines is 2. The molecule has 4 amide bonds. The Labute approximate surface area is 363 Å². The van der Waals surface area contributed by atoms with Crippen molar-refractivity contribution in [2.24, 2.45) is 23.7 Å². The van der Waals surface area contributed by atoms with Crippen molar-refractivity contribution < 1.29 is 24.3 Å². The van der Waals surface area contributed by atoms with Crippen LogP contribution in [0, 0.1) is 23.7 Å². The Hall–Kier alpha value is -6.34. The number of aliphatic hydroxyl groups excluding tert-OH is 1. The number of nitrogens with one attached hydrogen (secondary N) is 6. The second kappa shape index (κ2) is 22.0. The molecular weight excluding hydrogens is 781 g/mol. The number of fused-ring (bicyclic) bond motifs is 2. The van der Waals surface area contributed by atoms with Crippen LogP contribution in [0.4, 0.5) is 0 Å². The molecule has 6 rings (SSSR count). The lowest BCUT2D eigenvalue weighted by molar-refractivity contribution is -0.134. The van der Waals surface area contributed by atoms with Crippen molar-refractivity contribution >= 4 is 45.7 Å². The van der Waals surface area contributed by atoms with Crippen LogP contribution in [0.5, 0.6) is 0 Å². The molecule has 0 saturated heterocycles. The average molecular weight is 841 g/mol. The maximum atomic E-state index is 14.3. The molecule has 326 valence electrons. The fourth-order valence-corrected chi connectivity index (χ4v) is 7.80. The van der Waals surface area contributed by atoms with Crippen molar-refractivity contribution in [3.05, 3.63) is 132 Å². The van der Waals surface area contributed by atoms with Gasteiger partial charge in [0.1, 0.15) is 23.7 Å². The molecule has 0 aliphatic carbocycles. The zero-order valence-electron chi connectivity index (χ0n) is 36.1. The van der Waals surface area contributed by atoms with Crippen LogP contribution in [0.3, 0.4) is 0 Å². The van der Waals surface area contributed by atoms with Gasteiger partial charge in [-0.2, -0.15) is 0 Å². The number of rotatable bonds is 22. The van der Waals surface area contributed by atoms with E-state index in [-0.39, 0.29) is 61.4 Å². The predicted molar refractivity (Wildman–Crippen MR) is 241 cm³/mol. The molecule has 2 heterocycles. The van der Waals surface area contributed by atoms with E-state index in [1.54, 1.807) is 0 Å². The van der Waals surface area contributed by atoms with Crippen molar-refractivity contribution in [1.29, 1.82) is 0 Å². The fraction of sp³-hybridized carbons (Fsp3) is 0.388. The van der Waals surface area contributed by atoms with E-state index in [1.807, 2.05) is 137 Å². The highest BCUT2D eigenvalue weighted by Crippen LogP contribution is 2.24. The minimum Gasteiger partial charge on any atom is -0.393 e. The average Bonchev–Trinajstić information content (AvgIpc) is 3.92. The number of carbonyl (C=O) groups excluding carboxylic acids is 4. The Balaban J connectivity index is 1.16. The highest BCUT2D eigenvalue weighted by Gasteiger charge is 2.34. The summed E-state index contributed by atoms with van der Waals surface area (Å²) in [5, 5.41) is 23.8. The van der Waals surface area contributed by atoms with Gasteiger partial charge in [0.05, 0.1) is 41.3 Å². The van der Waals surface area contributed by atoms with Crippen LogP contribution >= 0.6 is 0 Å². The molecule has 2 aromatic heterocycles. The van der Waals surface area contributed by atoms with Gasteiger partial charge in [0.2, 0.25) is 23.6 Å². The van der Waals surface area contributed by atoms with Gasteiger partial charge in [0.25, 0.3) is 0 Å². The number of nitrogens with zero attached hydrogens (tertiary/aromatic N) is 2. The first-order chi connectivity index (χ1) is 30.0. The summed E-state index contributed by atoms with van der Waals surface area (Å²) in [6.07, 6.45) is 0.923. The van der Waals surface area contributed by atoms with Crippen molar-refractivity contribution in [2.75, 3.05) is 0 Å². The summed E-state index contributed by atoms with van der Waals surface area (Å²) in [5.41, 5.74) is 5.13. The lowest BCUT2D eigenvalue weighted by Gasteiger charge is -2.29. The molecule has 0 aliphatic heterocycles. The van der Waals surface area contributed by atoms with Gasteiger partial charge < -0.3 is 36.3 Å². The van der Waals surface area contributed by atoms with Gasteiger partial charge in [0, 0.05) is 11.8 Å². The van der Waals surface area contributed by atoms with Crippen LogP contribution in [0.2, 0.25) is 0 Å². The number of aliphatic hydroxyl groups is 1. The van der Waals surface area contributed by atoms with Crippen molar-refractivity contribution in [1.82, 2.24) is 41.2 Å². The third-order valence-corrected chi connectivity index (χ3v) is 11.8. The lowest BCUT2D eigenvalue weighted by atomic mass is 9.86. The van der Waals surface area contributed by atoms with E-state index in [1.165, 1.54) is 0 Å². The van der Waals surface area contributed by atoms with Gasteiger partial charge in [-0.1, -0.05) is 125 Å². The molecule has 0 aliphatic rings. The Morgan fingerprint density at radius 1 is 0.548 bits per heavy atom. The highest BCUT2D eigenvalue weighted by atomic mass is 16.3. The van der Waals surface area contributed by atoms with Crippen molar-refractivity contribution in [3.63, 3.8) is 0 Å². The summed E-state index contributed by atoms with van der Waals surface area (Å²) >= 11 is 0. The molecule has 6 aromatic rings. The zero-order chi connectivity index (χ0) is 44.0. The number of carbonyl (C=O) groups is 4. The van der Waals surface area contributed by atoms with Gasteiger partial charge in [-0.15, -0.1) is 0 Å². The van der Waals surface area contributed by atoms with Gasteiger partial charge in [-0.3, -0.25) is 19.2 Å². The van der Waals surface area contributed by atoms with Crippen molar-refractivity contribution in [3.8, 4) is 0 Å². The molecule has 0 spiro atoms. The summed E-state index contributed by atoms with van der Waals surface area (Å²) in [6, 6.07) is 32.7. The van der Waals surface area contributed by atoms with Crippen LogP contribution in [-0.2, 0) is 45.1 Å². The molecule has 7 atom stereocenters. The second-order valence-electron chi connectivity index (χ2n) is 16.5. The molecule has 0 radical (unpaired) electrons. The quantitative estimate of drug-likeness (QED) is 0.0417. The summed E-state index contributed by atoms with van der Waals surface area (Å²) < 4.78 is 0. The van der Waals surface area contributed by atoms with E-state index in [0.717, 1.165) is 33.2 Å². The van der Waals surface area contributed by atoms with Crippen LogP contribution in [0.15, 0.2) is 109 Å². The van der Waals surface area contributed by atoms with Crippen LogP contribution < -0.4 is 21.3 Å². The number of aromatic nitrogens is 4. The number of hydrogen-bond acceptors (Lipinski definition) is 7. The number of amides is 4. The van der Waals surface area contributed by atoms with Crippen LogP contribution in [0.25, 0.3) is 22.1 Å².